The van der Waals surface area contributed by atoms with Crippen LogP contribution in [0.3, 0.4) is 0 Å². The number of hydrogen-bond donors (Lipinski definition) is 0. The van der Waals surface area contributed by atoms with Crippen LogP contribution in [-0.2, 0) is 4.79 Å². The third kappa shape index (κ3) is 2.60. The summed E-state index contributed by atoms with van der Waals surface area (Å²) in [5, 5.41) is -0.986. The van der Waals surface area contributed by atoms with Crippen molar-refractivity contribution in [3.05, 3.63) is 0 Å². The fraction of sp³-hybridized carbons (Fsp3) is 0.800. The first kappa shape index (κ1) is 9.81. The maximum Gasteiger partial charge on any atom is 0.451 e. The van der Waals surface area contributed by atoms with Gasteiger partial charge in [-0.25, -0.2) is 0 Å². The van der Waals surface area contributed by atoms with Gasteiger partial charge in [0.25, 0.3) is 0 Å². The molecule has 0 rings (SSSR count). The van der Waals surface area contributed by atoms with Crippen molar-refractivity contribution in [2.24, 2.45) is 0 Å². The second-order valence-corrected chi connectivity index (χ2v) is 2.92. The summed E-state index contributed by atoms with van der Waals surface area (Å²) in [4.78, 5) is 10.2. The van der Waals surface area contributed by atoms with Gasteiger partial charge >= 0.3 is 6.18 Å². The molecule has 1 nitrogen and oxygen atoms in total. The molecule has 10 heavy (non-hydrogen) atoms. The largest absolute Gasteiger partial charge is 0.451 e. The van der Waals surface area contributed by atoms with Gasteiger partial charge in [0.2, 0.25) is 5.78 Å². The Morgan fingerprint density at radius 2 is 1.90 bits per heavy atom. The van der Waals surface area contributed by atoms with Crippen molar-refractivity contribution in [2.45, 2.75) is 18.3 Å². The molecule has 1 atom stereocenters. The lowest BCUT2D eigenvalue weighted by molar-refractivity contribution is -0.170. The highest BCUT2D eigenvalue weighted by Gasteiger charge is 2.41. The van der Waals surface area contributed by atoms with Crippen molar-refractivity contribution in [3.8, 4) is 0 Å². The highest BCUT2D eigenvalue weighted by Crippen LogP contribution is 2.22. The SMILES string of the molecule is CSC(C)C(=O)C(F)(F)F. The minimum atomic E-state index is -4.68. The van der Waals surface area contributed by atoms with Crippen LogP contribution in [0.1, 0.15) is 6.92 Å². The average Bonchev–Trinajstić information content (AvgIpc) is 1.83. The number of hydrogen-bond acceptors (Lipinski definition) is 2. The molecule has 0 amide bonds. The number of carbonyl (C=O) groups is 1. The monoisotopic (exact) mass is 172 g/mol. The standard InChI is InChI=1S/C5H7F3OS/c1-3(10-2)4(9)5(6,7)8/h3H,1-2H3. The number of Topliss-reactive ketones (excluding diaryl/α,β-unsaturated/α-hetero) is 1. The molecule has 0 fully saturated rings. The van der Waals surface area contributed by atoms with Gasteiger partial charge in [0.05, 0.1) is 5.25 Å². The Kier molecular flexibility index (Phi) is 3.21. The Labute approximate surface area is 61.0 Å². The fourth-order valence-electron chi connectivity index (χ4n) is 0.338. The lowest BCUT2D eigenvalue weighted by Gasteiger charge is -2.08. The van der Waals surface area contributed by atoms with Crippen molar-refractivity contribution in [1.29, 1.82) is 0 Å². The van der Waals surface area contributed by atoms with Crippen LogP contribution in [0.4, 0.5) is 13.2 Å². The highest BCUT2D eigenvalue weighted by atomic mass is 32.2. The van der Waals surface area contributed by atoms with Gasteiger partial charge in [0.1, 0.15) is 0 Å². The van der Waals surface area contributed by atoms with Crippen molar-refractivity contribution in [2.75, 3.05) is 6.26 Å². The Balaban J connectivity index is 4.09. The summed E-state index contributed by atoms with van der Waals surface area (Å²) < 4.78 is 34.6. The topological polar surface area (TPSA) is 17.1 Å². The van der Waals surface area contributed by atoms with E-state index in [4.69, 9.17) is 0 Å². The van der Waals surface area contributed by atoms with Crippen LogP contribution in [0.5, 0.6) is 0 Å². The smallest absolute Gasteiger partial charge is 0.288 e. The molecular formula is C5H7F3OS. The van der Waals surface area contributed by atoms with Crippen molar-refractivity contribution >= 4 is 17.5 Å². The maximum atomic E-state index is 11.5. The first-order chi connectivity index (χ1) is 4.39. The van der Waals surface area contributed by atoms with Crippen LogP contribution >= 0.6 is 11.8 Å². The number of carbonyl (C=O) groups excluding carboxylic acids is 1. The van der Waals surface area contributed by atoms with E-state index in [1.165, 1.54) is 13.2 Å². The average molecular weight is 172 g/mol. The van der Waals surface area contributed by atoms with E-state index in [2.05, 4.69) is 0 Å². The minimum absolute atomic E-state index is 0.890. The second-order valence-electron chi connectivity index (χ2n) is 1.74. The van der Waals surface area contributed by atoms with Crippen molar-refractivity contribution in [3.63, 3.8) is 0 Å². The van der Waals surface area contributed by atoms with Gasteiger partial charge in [0, 0.05) is 0 Å². The first-order valence-electron chi connectivity index (χ1n) is 2.53. The third-order valence-corrected chi connectivity index (χ3v) is 1.92. The molecule has 0 aliphatic rings. The van der Waals surface area contributed by atoms with Gasteiger partial charge in [0.15, 0.2) is 0 Å². The molecule has 60 valence electrons. The molecule has 1 unspecified atom stereocenters. The summed E-state index contributed by atoms with van der Waals surface area (Å²) in [6, 6.07) is 0. The maximum absolute atomic E-state index is 11.5. The van der Waals surface area contributed by atoms with Gasteiger partial charge < -0.3 is 0 Å². The number of rotatable bonds is 2. The summed E-state index contributed by atoms with van der Waals surface area (Å²) in [7, 11) is 0. The van der Waals surface area contributed by atoms with E-state index < -0.39 is 17.2 Å². The molecule has 0 spiro atoms. The van der Waals surface area contributed by atoms with Crippen LogP contribution in [0.25, 0.3) is 0 Å². The first-order valence-corrected chi connectivity index (χ1v) is 3.82. The van der Waals surface area contributed by atoms with Crippen LogP contribution in [0.2, 0.25) is 0 Å². The van der Waals surface area contributed by atoms with Crippen LogP contribution in [0.15, 0.2) is 0 Å². The third-order valence-electron chi connectivity index (χ3n) is 1.00. The molecule has 0 N–H and O–H groups in total. The summed E-state index contributed by atoms with van der Waals surface area (Å²) in [5.41, 5.74) is 0. The van der Waals surface area contributed by atoms with E-state index in [-0.39, 0.29) is 0 Å². The zero-order valence-corrected chi connectivity index (χ0v) is 6.34. The molecule has 0 aromatic carbocycles. The number of alkyl halides is 3. The normalized spacial score (nSPS) is 14.9. The molecule has 0 bridgehead atoms. The molecule has 5 heteroatoms. The summed E-state index contributed by atoms with van der Waals surface area (Å²) >= 11 is 0.890. The molecule has 0 aromatic rings. The van der Waals surface area contributed by atoms with Crippen LogP contribution in [0, 0.1) is 0 Å². The molecule has 0 heterocycles. The molecule has 0 aliphatic heterocycles. The Hall–Kier alpha value is -0.190. The van der Waals surface area contributed by atoms with E-state index in [0.717, 1.165) is 11.8 Å². The van der Waals surface area contributed by atoms with E-state index >= 15 is 0 Å². The second kappa shape index (κ2) is 3.27. The van der Waals surface area contributed by atoms with Gasteiger partial charge in [-0.1, -0.05) is 0 Å². The van der Waals surface area contributed by atoms with Crippen LogP contribution in [-0.4, -0.2) is 23.5 Å². The zero-order chi connectivity index (χ0) is 8.36. The predicted molar refractivity (Wildman–Crippen MR) is 34.0 cm³/mol. The zero-order valence-electron chi connectivity index (χ0n) is 5.53. The summed E-state index contributed by atoms with van der Waals surface area (Å²) in [6.45, 7) is 1.24. The molecule has 0 saturated heterocycles. The Morgan fingerprint density at radius 1 is 1.50 bits per heavy atom. The molecule has 0 saturated carbocycles. The quantitative estimate of drug-likeness (QED) is 0.632. The Bertz CT molecular complexity index is 131. The molecule has 0 radical (unpaired) electrons. The predicted octanol–water partition coefficient (Wildman–Crippen LogP) is 1.87. The van der Waals surface area contributed by atoms with Crippen molar-refractivity contribution < 1.29 is 18.0 Å². The van der Waals surface area contributed by atoms with Crippen LogP contribution < -0.4 is 0 Å². The lowest BCUT2D eigenvalue weighted by Crippen LogP contribution is -2.30. The van der Waals surface area contributed by atoms with E-state index in [9.17, 15) is 18.0 Å². The number of thioether (sulfide) groups is 1. The van der Waals surface area contributed by atoms with Crippen molar-refractivity contribution in [1.82, 2.24) is 0 Å². The molecule has 0 aliphatic carbocycles. The summed E-state index contributed by atoms with van der Waals surface area (Å²) in [6.07, 6.45) is -3.21. The minimum Gasteiger partial charge on any atom is -0.288 e. The lowest BCUT2D eigenvalue weighted by atomic mass is 10.3. The van der Waals surface area contributed by atoms with E-state index in [1.807, 2.05) is 0 Å². The fourth-order valence-corrected chi connectivity index (χ4v) is 0.685. The van der Waals surface area contributed by atoms with Gasteiger partial charge in [-0.2, -0.15) is 24.9 Å². The number of halogens is 3. The highest BCUT2D eigenvalue weighted by molar-refractivity contribution is 7.99. The van der Waals surface area contributed by atoms with Gasteiger partial charge in [-0.3, -0.25) is 4.79 Å². The number of ketones is 1. The van der Waals surface area contributed by atoms with E-state index in [0.29, 0.717) is 0 Å². The Morgan fingerprint density at radius 3 is 2.00 bits per heavy atom. The van der Waals surface area contributed by atoms with Gasteiger partial charge in [-0.15, -0.1) is 0 Å². The van der Waals surface area contributed by atoms with E-state index in [1.54, 1.807) is 0 Å². The molecular weight excluding hydrogens is 165 g/mol. The summed E-state index contributed by atoms with van der Waals surface area (Å²) in [5.74, 6) is -1.67. The molecule has 0 aromatic heterocycles. The van der Waals surface area contributed by atoms with Gasteiger partial charge in [-0.05, 0) is 13.2 Å².